The first-order chi connectivity index (χ1) is 18.9. The maximum Gasteiger partial charge on any atom is 0.320 e. The summed E-state index contributed by atoms with van der Waals surface area (Å²) in [6.07, 6.45) is 0.149. The van der Waals surface area contributed by atoms with Crippen LogP contribution in [0.15, 0.2) is 48.5 Å². The first kappa shape index (κ1) is 28.8. The van der Waals surface area contributed by atoms with E-state index in [1.165, 1.54) is 36.4 Å². The second-order valence-corrected chi connectivity index (χ2v) is 10.7. The summed E-state index contributed by atoms with van der Waals surface area (Å²) in [4.78, 5) is 65.0. The van der Waals surface area contributed by atoms with Crippen LogP contribution in [0.1, 0.15) is 63.5 Å². The van der Waals surface area contributed by atoms with Crippen LogP contribution in [0.3, 0.4) is 0 Å². The minimum absolute atomic E-state index is 0.0149. The number of carbonyl (C=O) groups is 3. The molecule has 40 heavy (non-hydrogen) atoms. The van der Waals surface area contributed by atoms with Gasteiger partial charge in [-0.25, -0.2) is 0 Å². The van der Waals surface area contributed by atoms with E-state index < -0.39 is 56.2 Å². The van der Waals surface area contributed by atoms with Crippen LogP contribution < -0.4 is 0 Å². The average molecular weight is 553 g/mol. The Kier molecular flexibility index (Phi) is 7.78. The number of ether oxygens (including phenoxy) is 2. The summed E-state index contributed by atoms with van der Waals surface area (Å²) in [5.74, 6) is -5.09. The van der Waals surface area contributed by atoms with Gasteiger partial charge in [0.2, 0.25) is 0 Å². The number of carbonyl (C=O) groups excluding carboxylic acids is 3. The number of esters is 2. The molecule has 2 fully saturated rings. The minimum atomic E-state index is -1.83. The van der Waals surface area contributed by atoms with Crippen molar-refractivity contribution in [1.82, 2.24) is 0 Å². The molecule has 2 aliphatic carbocycles. The third-order valence-electron chi connectivity index (χ3n) is 8.42. The van der Waals surface area contributed by atoms with E-state index in [0.717, 1.165) is 0 Å². The number of hydrogen-bond acceptors (Lipinski definition) is 9. The highest BCUT2D eigenvalue weighted by Gasteiger charge is 2.74. The average Bonchev–Trinajstić information content (AvgIpc) is 2.91. The third-order valence-corrected chi connectivity index (χ3v) is 8.42. The van der Waals surface area contributed by atoms with Crippen molar-refractivity contribution in [3.05, 3.63) is 79.9 Å². The minimum Gasteiger partial charge on any atom is -0.465 e. The second kappa shape index (κ2) is 10.8. The van der Waals surface area contributed by atoms with Crippen molar-refractivity contribution in [2.24, 2.45) is 22.7 Å². The van der Waals surface area contributed by atoms with Crippen molar-refractivity contribution in [2.75, 3.05) is 13.2 Å². The number of nitrogens with zero attached hydrogens (tertiary/aromatic N) is 2. The van der Waals surface area contributed by atoms with E-state index >= 15 is 0 Å². The molecule has 4 atom stereocenters. The van der Waals surface area contributed by atoms with E-state index in [1.54, 1.807) is 32.9 Å². The van der Waals surface area contributed by atoms with Gasteiger partial charge in [0.25, 0.3) is 11.4 Å². The smallest absolute Gasteiger partial charge is 0.320 e. The molecule has 0 aromatic heterocycles. The van der Waals surface area contributed by atoms with Gasteiger partial charge >= 0.3 is 11.9 Å². The highest BCUT2D eigenvalue weighted by molar-refractivity contribution is 6.17. The Balaban J connectivity index is 2.10. The normalized spacial score (nSPS) is 29.4. The number of nitro groups is 2. The summed E-state index contributed by atoms with van der Waals surface area (Å²) >= 11 is 0. The Hall–Kier alpha value is -4.15. The van der Waals surface area contributed by atoms with Crippen LogP contribution in [0.5, 0.6) is 0 Å². The molecule has 0 amide bonds. The molecule has 11 nitrogen and oxygen atoms in total. The SMILES string of the molecule is CCOC(=O)C12CC(C)CC(C(=O)OCC)(C1=O)C(c1cccc([N+](=O)[O-])c1)C(C)C2c1cccc([N+](=O)[O-])c1. The zero-order valence-corrected chi connectivity index (χ0v) is 22.8. The first-order valence-corrected chi connectivity index (χ1v) is 13.3. The van der Waals surface area contributed by atoms with Gasteiger partial charge in [-0.2, -0.15) is 0 Å². The largest absolute Gasteiger partial charge is 0.465 e. The molecule has 0 spiro atoms. The van der Waals surface area contributed by atoms with Crippen LogP contribution in [0.25, 0.3) is 0 Å². The van der Waals surface area contributed by atoms with E-state index in [1.807, 2.05) is 6.92 Å². The van der Waals surface area contributed by atoms with Crippen LogP contribution in [0.2, 0.25) is 0 Å². The number of ketones is 1. The first-order valence-electron chi connectivity index (χ1n) is 13.3. The van der Waals surface area contributed by atoms with Crippen LogP contribution in [0, 0.1) is 42.9 Å². The van der Waals surface area contributed by atoms with Crippen molar-refractivity contribution in [1.29, 1.82) is 0 Å². The summed E-state index contributed by atoms with van der Waals surface area (Å²) in [6, 6.07) is 11.6. The van der Waals surface area contributed by atoms with Crippen molar-refractivity contribution >= 4 is 29.1 Å². The maximum absolute atomic E-state index is 14.9. The lowest BCUT2D eigenvalue weighted by Crippen LogP contribution is -2.67. The summed E-state index contributed by atoms with van der Waals surface area (Å²) in [6.45, 7) is 6.81. The summed E-state index contributed by atoms with van der Waals surface area (Å²) < 4.78 is 11.0. The predicted molar refractivity (Wildman–Crippen MR) is 142 cm³/mol. The molecule has 2 aromatic rings. The number of non-ortho nitro benzene ring substituents is 2. The highest BCUT2D eigenvalue weighted by atomic mass is 16.6. The molecule has 0 N–H and O–H groups in total. The zero-order valence-electron chi connectivity index (χ0n) is 22.8. The Morgan fingerprint density at radius 2 is 1.23 bits per heavy atom. The van der Waals surface area contributed by atoms with Crippen LogP contribution >= 0.6 is 0 Å². The van der Waals surface area contributed by atoms with Gasteiger partial charge in [0.05, 0.1) is 23.1 Å². The quantitative estimate of drug-likeness (QED) is 0.188. The van der Waals surface area contributed by atoms with Gasteiger partial charge in [-0.15, -0.1) is 0 Å². The fraction of sp³-hybridized carbons (Fsp3) is 0.483. The van der Waals surface area contributed by atoms with Gasteiger partial charge in [0.15, 0.2) is 5.78 Å². The molecule has 2 aromatic carbocycles. The van der Waals surface area contributed by atoms with Gasteiger partial charge in [0.1, 0.15) is 10.8 Å². The number of hydrogen-bond donors (Lipinski definition) is 0. The molecule has 2 saturated carbocycles. The van der Waals surface area contributed by atoms with Crippen molar-refractivity contribution < 1.29 is 33.7 Å². The predicted octanol–water partition coefficient (Wildman–Crippen LogP) is 5.12. The maximum atomic E-state index is 14.9. The Bertz CT molecular complexity index is 1280. The fourth-order valence-corrected chi connectivity index (χ4v) is 7.35. The lowest BCUT2D eigenvalue weighted by atomic mass is 9.40. The monoisotopic (exact) mass is 552 g/mol. The number of rotatable bonds is 8. The van der Waals surface area contributed by atoms with Crippen LogP contribution in [0.4, 0.5) is 11.4 Å². The highest BCUT2D eigenvalue weighted by Crippen LogP contribution is 2.68. The zero-order chi connectivity index (χ0) is 29.4. The summed E-state index contributed by atoms with van der Waals surface area (Å²) in [5.41, 5.74) is -3.32. The summed E-state index contributed by atoms with van der Waals surface area (Å²) in [7, 11) is 0. The molecule has 0 heterocycles. The molecule has 11 heteroatoms. The van der Waals surface area contributed by atoms with Crippen molar-refractivity contribution in [3.8, 4) is 0 Å². The van der Waals surface area contributed by atoms with Gasteiger partial charge < -0.3 is 9.47 Å². The Morgan fingerprint density at radius 1 is 0.825 bits per heavy atom. The van der Waals surface area contributed by atoms with E-state index in [4.69, 9.17) is 9.47 Å². The third kappa shape index (κ3) is 4.33. The molecule has 4 rings (SSSR count). The van der Waals surface area contributed by atoms with Gasteiger partial charge in [-0.1, -0.05) is 38.1 Å². The van der Waals surface area contributed by atoms with E-state index in [0.29, 0.717) is 11.1 Å². The van der Waals surface area contributed by atoms with Crippen LogP contribution in [-0.4, -0.2) is 40.8 Å². The van der Waals surface area contributed by atoms with Crippen LogP contribution in [-0.2, 0) is 23.9 Å². The lowest BCUT2D eigenvalue weighted by Gasteiger charge is -2.59. The lowest BCUT2D eigenvalue weighted by molar-refractivity contribution is -0.385. The van der Waals surface area contributed by atoms with E-state index in [-0.39, 0.29) is 43.3 Å². The number of Topliss-reactive ketones (excluding diaryl/α,β-unsaturated/α-hetero) is 1. The van der Waals surface area contributed by atoms with Gasteiger partial charge in [0, 0.05) is 36.1 Å². The molecule has 4 unspecified atom stereocenters. The topological polar surface area (TPSA) is 156 Å². The standard InChI is InChI=1S/C29H32N2O9/c1-5-39-26(33)28-15-17(3)16-29(25(28)32,27(34)40-6-2)24(20-10-8-12-22(14-20)31(37)38)18(4)23(28)19-9-7-11-21(13-19)30(35)36/h7-14,17-18,23-24H,5-6,15-16H2,1-4H3. The molecule has 212 valence electrons. The summed E-state index contributed by atoms with van der Waals surface area (Å²) in [5, 5.41) is 23.4. The molecular formula is C29H32N2O9. The Morgan fingerprint density at radius 3 is 1.57 bits per heavy atom. The second-order valence-electron chi connectivity index (χ2n) is 10.7. The molecule has 2 aliphatic rings. The molecule has 2 bridgehead atoms. The van der Waals surface area contributed by atoms with Gasteiger partial charge in [-0.05, 0) is 49.7 Å². The molecular weight excluding hydrogens is 520 g/mol. The molecule has 0 aliphatic heterocycles. The number of benzene rings is 2. The number of nitro benzene ring substituents is 2. The number of fused-ring (bicyclic) bond motifs is 2. The van der Waals surface area contributed by atoms with Gasteiger partial charge in [-0.3, -0.25) is 34.6 Å². The van der Waals surface area contributed by atoms with Crippen molar-refractivity contribution in [3.63, 3.8) is 0 Å². The molecule has 0 radical (unpaired) electrons. The Labute approximate surface area is 231 Å². The van der Waals surface area contributed by atoms with E-state index in [9.17, 15) is 34.6 Å². The molecule has 0 saturated heterocycles. The van der Waals surface area contributed by atoms with E-state index in [2.05, 4.69) is 0 Å². The van der Waals surface area contributed by atoms with Crippen molar-refractivity contribution in [2.45, 2.75) is 52.4 Å². The fourth-order valence-electron chi connectivity index (χ4n) is 7.35.